The standard InChI is InChI=1S/C19H19FN4O/c20-13-8-6-12(7-9-13)17-23-16-15(10-11-21-18(16)24-17)19(25)22-14-4-2-1-3-5-14/h6-11,14H,1-5H2,(H,22,25)(H,21,23,24). The summed E-state index contributed by atoms with van der Waals surface area (Å²) in [6.07, 6.45) is 7.22. The van der Waals surface area contributed by atoms with Crippen LogP contribution in [0.15, 0.2) is 36.5 Å². The molecule has 4 rings (SSSR count). The van der Waals surface area contributed by atoms with Crippen LogP contribution in [-0.2, 0) is 0 Å². The largest absolute Gasteiger partial charge is 0.349 e. The van der Waals surface area contributed by atoms with Crippen LogP contribution in [-0.4, -0.2) is 26.9 Å². The summed E-state index contributed by atoms with van der Waals surface area (Å²) >= 11 is 0. The first-order valence-electron chi connectivity index (χ1n) is 8.62. The molecule has 1 aliphatic rings. The number of nitrogens with zero attached hydrogens (tertiary/aromatic N) is 2. The monoisotopic (exact) mass is 338 g/mol. The SMILES string of the molecule is O=C(NC1CCCCC1)c1ccnc2[nH]c(-c3ccc(F)cc3)nc12. The third-order valence-corrected chi connectivity index (χ3v) is 4.69. The number of carbonyl (C=O) groups is 1. The van der Waals surface area contributed by atoms with Crippen molar-refractivity contribution in [3.05, 3.63) is 47.9 Å². The molecule has 1 fully saturated rings. The van der Waals surface area contributed by atoms with Crippen molar-refractivity contribution in [1.29, 1.82) is 0 Å². The normalized spacial score (nSPS) is 15.4. The number of hydrogen-bond donors (Lipinski definition) is 2. The molecule has 1 amide bonds. The van der Waals surface area contributed by atoms with E-state index >= 15 is 0 Å². The number of rotatable bonds is 3. The Labute approximate surface area is 144 Å². The Morgan fingerprint density at radius 3 is 2.64 bits per heavy atom. The molecule has 0 atom stereocenters. The fourth-order valence-corrected chi connectivity index (χ4v) is 3.35. The molecule has 2 N–H and O–H groups in total. The van der Waals surface area contributed by atoms with Crippen LogP contribution in [0.5, 0.6) is 0 Å². The number of halogens is 1. The predicted octanol–water partition coefficient (Wildman–Crippen LogP) is 3.83. The summed E-state index contributed by atoms with van der Waals surface area (Å²) in [7, 11) is 0. The zero-order chi connectivity index (χ0) is 17.2. The van der Waals surface area contributed by atoms with E-state index in [1.54, 1.807) is 24.4 Å². The van der Waals surface area contributed by atoms with Crippen molar-refractivity contribution in [2.45, 2.75) is 38.1 Å². The predicted molar refractivity (Wildman–Crippen MR) is 93.6 cm³/mol. The van der Waals surface area contributed by atoms with Crippen molar-refractivity contribution >= 4 is 17.1 Å². The summed E-state index contributed by atoms with van der Waals surface area (Å²) < 4.78 is 13.1. The smallest absolute Gasteiger partial charge is 0.253 e. The topological polar surface area (TPSA) is 70.7 Å². The van der Waals surface area contributed by atoms with Gasteiger partial charge in [-0.25, -0.2) is 14.4 Å². The quantitative estimate of drug-likeness (QED) is 0.762. The number of aromatic amines is 1. The van der Waals surface area contributed by atoms with Crippen LogP contribution in [0.4, 0.5) is 4.39 Å². The Morgan fingerprint density at radius 1 is 1.12 bits per heavy atom. The van der Waals surface area contributed by atoms with E-state index < -0.39 is 0 Å². The van der Waals surface area contributed by atoms with E-state index in [1.165, 1.54) is 18.6 Å². The first-order chi connectivity index (χ1) is 12.2. The molecule has 25 heavy (non-hydrogen) atoms. The second kappa shape index (κ2) is 6.63. The fourth-order valence-electron chi connectivity index (χ4n) is 3.35. The highest BCUT2D eigenvalue weighted by Crippen LogP contribution is 2.23. The molecule has 5 nitrogen and oxygen atoms in total. The molecule has 0 bridgehead atoms. The number of hydrogen-bond acceptors (Lipinski definition) is 3. The number of benzene rings is 1. The third kappa shape index (κ3) is 3.24. The Balaban J connectivity index is 1.65. The van der Waals surface area contributed by atoms with E-state index in [0.717, 1.165) is 31.2 Å². The summed E-state index contributed by atoms with van der Waals surface area (Å²) in [4.78, 5) is 24.6. The van der Waals surface area contributed by atoms with E-state index in [0.29, 0.717) is 22.6 Å². The van der Waals surface area contributed by atoms with Gasteiger partial charge in [0, 0.05) is 17.8 Å². The Hall–Kier alpha value is -2.76. The van der Waals surface area contributed by atoms with Crippen LogP contribution >= 0.6 is 0 Å². The van der Waals surface area contributed by atoms with E-state index in [-0.39, 0.29) is 17.8 Å². The average Bonchev–Trinajstić information content (AvgIpc) is 3.07. The number of amides is 1. The Bertz CT molecular complexity index is 897. The van der Waals surface area contributed by atoms with Gasteiger partial charge in [0.15, 0.2) is 5.65 Å². The molecule has 1 aliphatic carbocycles. The molecule has 0 radical (unpaired) electrons. The van der Waals surface area contributed by atoms with Crippen molar-refractivity contribution in [3.8, 4) is 11.4 Å². The number of nitrogens with one attached hydrogen (secondary N) is 2. The maximum atomic E-state index is 13.1. The number of aromatic nitrogens is 3. The lowest BCUT2D eigenvalue weighted by Gasteiger charge is -2.22. The maximum Gasteiger partial charge on any atom is 0.253 e. The molecule has 128 valence electrons. The average molecular weight is 338 g/mol. The Kier molecular flexibility index (Phi) is 4.17. The second-order valence-electron chi connectivity index (χ2n) is 6.46. The Morgan fingerprint density at radius 2 is 1.88 bits per heavy atom. The second-order valence-corrected chi connectivity index (χ2v) is 6.46. The molecule has 0 unspecified atom stereocenters. The number of H-pyrrole nitrogens is 1. The summed E-state index contributed by atoms with van der Waals surface area (Å²) in [5.74, 6) is 0.155. The minimum atomic E-state index is -0.300. The van der Waals surface area contributed by atoms with E-state index in [1.807, 2.05) is 0 Å². The summed E-state index contributed by atoms with van der Waals surface area (Å²) in [5.41, 5.74) is 2.35. The van der Waals surface area contributed by atoms with Crippen molar-refractivity contribution < 1.29 is 9.18 Å². The first kappa shape index (κ1) is 15.7. The molecule has 3 aromatic rings. The van der Waals surface area contributed by atoms with Gasteiger partial charge in [0.1, 0.15) is 17.2 Å². The van der Waals surface area contributed by atoms with E-state index in [9.17, 15) is 9.18 Å². The molecule has 6 heteroatoms. The number of carbonyl (C=O) groups excluding carboxylic acids is 1. The molecule has 2 heterocycles. The van der Waals surface area contributed by atoms with Crippen molar-refractivity contribution in [3.63, 3.8) is 0 Å². The highest BCUT2D eigenvalue weighted by Gasteiger charge is 2.20. The van der Waals surface area contributed by atoms with Gasteiger partial charge in [-0.3, -0.25) is 4.79 Å². The summed E-state index contributed by atoms with van der Waals surface area (Å²) in [5, 5.41) is 3.11. The number of fused-ring (bicyclic) bond motifs is 1. The van der Waals surface area contributed by atoms with Crippen LogP contribution in [0.3, 0.4) is 0 Å². The van der Waals surface area contributed by atoms with Gasteiger partial charge in [0.2, 0.25) is 0 Å². The van der Waals surface area contributed by atoms with Crippen molar-refractivity contribution in [2.75, 3.05) is 0 Å². The molecular weight excluding hydrogens is 319 g/mol. The van der Waals surface area contributed by atoms with Gasteiger partial charge in [-0.1, -0.05) is 19.3 Å². The zero-order valence-electron chi connectivity index (χ0n) is 13.8. The van der Waals surface area contributed by atoms with Gasteiger partial charge < -0.3 is 10.3 Å². The maximum absolute atomic E-state index is 13.1. The van der Waals surface area contributed by atoms with Gasteiger partial charge in [0.05, 0.1) is 5.56 Å². The lowest BCUT2D eigenvalue weighted by atomic mass is 9.95. The third-order valence-electron chi connectivity index (χ3n) is 4.69. The van der Waals surface area contributed by atoms with Gasteiger partial charge >= 0.3 is 0 Å². The summed E-state index contributed by atoms with van der Waals surface area (Å²) in [6.45, 7) is 0. The highest BCUT2D eigenvalue weighted by molar-refractivity contribution is 6.04. The summed E-state index contributed by atoms with van der Waals surface area (Å²) in [6, 6.07) is 7.98. The lowest BCUT2D eigenvalue weighted by Crippen LogP contribution is -2.36. The van der Waals surface area contributed by atoms with Crippen LogP contribution in [0, 0.1) is 5.82 Å². The minimum absolute atomic E-state index is 0.114. The van der Waals surface area contributed by atoms with Crippen LogP contribution in [0.25, 0.3) is 22.6 Å². The van der Waals surface area contributed by atoms with Gasteiger partial charge in [-0.05, 0) is 43.2 Å². The van der Waals surface area contributed by atoms with E-state index in [2.05, 4.69) is 20.3 Å². The minimum Gasteiger partial charge on any atom is -0.349 e. The number of pyridine rings is 1. The van der Waals surface area contributed by atoms with Crippen LogP contribution in [0.1, 0.15) is 42.5 Å². The molecule has 1 saturated carbocycles. The molecule has 0 saturated heterocycles. The van der Waals surface area contributed by atoms with Gasteiger partial charge in [-0.2, -0.15) is 0 Å². The highest BCUT2D eigenvalue weighted by atomic mass is 19.1. The zero-order valence-corrected chi connectivity index (χ0v) is 13.8. The number of imidazole rings is 1. The lowest BCUT2D eigenvalue weighted by molar-refractivity contribution is 0.0929. The van der Waals surface area contributed by atoms with Crippen LogP contribution < -0.4 is 5.32 Å². The van der Waals surface area contributed by atoms with Gasteiger partial charge in [-0.15, -0.1) is 0 Å². The molecule has 2 aromatic heterocycles. The molecular formula is C19H19FN4O. The van der Waals surface area contributed by atoms with E-state index in [4.69, 9.17) is 0 Å². The molecule has 0 spiro atoms. The van der Waals surface area contributed by atoms with Crippen molar-refractivity contribution in [1.82, 2.24) is 20.3 Å². The fraction of sp³-hybridized carbons (Fsp3) is 0.316. The van der Waals surface area contributed by atoms with Gasteiger partial charge in [0.25, 0.3) is 5.91 Å². The van der Waals surface area contributed by atoms with Crippen molar-refractivity contribution in [2.24, 2.45) is 0 Å². The van der Waals surface area contributed by atoms with Crippen LogP contribution in [0.2, 0.25) is 0 Å². The molecule has 1 aromatic carbocycles. The molecule has 0 aliphatic heterocycles. The first-order valence-corrected chi connectivity index (χ1v) is 8.62.